The first-order chi connectivity index (χ1) is 14.3. The standard InChI is InChI=1S/C24H33N3O3/c1-16-3-5-20(6-4-16)26-21(28)15-27(2)22(29)7-8-25-23(30)24-12-17-9-18(13-24)11-19(10-17)14-24/h3-6,17-19H,7-15H2,1-2H3,(H,25,30)(H,26,28). The summed E-state index contributed by atoms with van der Waals surface area (Å²) in [7, 11) is 1.62. The Labute approximate surface area is 178 Å². The van der Waals surface area contributed by atoms with Gasteiger partial charge in [-0.1, -0.05) is 17.7 Å². The van der Waals surface area contributed by atoms with Crippen LogP contribution in [0.1, 0.15) is 50.5 Å². The van der Waals surface area contributed by atoms with Gasteiger partial charge in [0.1, 0.15) is 0 Å². The van der Waals surface area contributed by atoms with Crippen molar-refractivity contribution in [2.45, 2.75) is 51.9 Å². The Morgan fingerprint density at radius 3 is 2.13 bits per heavy atom. The first-order valence-electron chi connectivity index (χ1n) is 11.2. The number of benzene rings is 1. The summed E-state index contributed by atoms with van der Waals surface area (Å²) in [5.74, 6) is 1.95. The van der Waals surface area contributed by atoms with Gasteiger partial charge in [0.05, 0.1) is 6.54 Å². The fraction of sp³-hybridized carbons (Fsp3) is 0.625. The highest BCUT2D eigenvalue weighted by Gasteiger charge is 2.54. The zero-order valence-corrected chi connectivity index (χ0v) is 18.1. The minimum absolute atomic E-state index is 0.00433. The normalized spacial score (nSPS) is 28.8. The molecular formula is C24H33N3O3. The van der Waals surface area contributed by atoms with Gasteiger partial charge in [-0.3, -0.25) is 14.4 Å². The van der Waals surface area contributed by atoms with Crippen LogP contribution in [-0.4, -0.2) is 42.8 Å². The van der Waals surface area contributed by atoms with Gasteiger partial charge in [-0.15, -0.1) is 0 Å². The molecule has 0 heterocycles. The number of hydrogen-bond donors (Lipinski definition) is 2. The highest BCUT2D eigenvalue weighted by atomic mass is 16.2. The molecule has 2 N–H and O–H groups in total. The van der Waals surface area contributed by atoms with Crippen molar-refractivity contribution in [1.82, 2.24) is 10.2 Å². The van der Waals surface area contributed by atoms with E-state index in [1.807, 2.05) is 31.2 Å². The molecule has 4 aliphatic rings. The van der Waals surface area contributed by atoms with Gasteiger partial charge in [-0.05, 0) is 75.3 Å². The van der Waals surface area contributed by atoms with E-state index < -0.39 is 0 Å². The first-order valence-corrected chi connectivity index (χ1v) is 11.2. The molecule has 0 aromatic heterocycles. The monoisotopic (exact) mass is 411 g/mol. The lowest BCUT2D eigenvalue weighted by Crippen LogP contribution is -2.53. The molecule has 0 unspecified atom stereocenters. The second kappa shape index (κ2) is 8.40. The number of aryl methyl sites for hydroxylation is 1. The Hall–Kier alpha value is -2.37. The molecule has 6 nitrogen and oxygen atoms in total. The van der Waals surface area contributed by atoms with Crippen molar-refractivity contribution in [3.8, 4) is 0 Å². The zero-order chi connectivity index (χ0) is 21.3. The minimum atomic E-state index is -0.229. The Bertz CT molecular complexity index is 782. The van der Waals surface area contributed by atoms with Gasteiger partial charge < -0.3 is 15.5 Å². The Kier molecular flexibility index (Phi) is 5.85. The van der Waals surface area contributed by atoms with Crippen molar-refractivity contribution >= 4 is 23.4 Å². The van der Waals surface area contributed by atoms with Crippen LogP contribution in [0.15, 0.2) is 24.3 Å². The second-order valence-corrected chi connectivity index (χ2v) is 9.87. The minimum Gasteiger partial charge on any atom is -0.355 e. The summed E-state index contributed by atoms with van der Waals surface area (Å²) in [6.45, 7) is 2.32. The summed E-state index contributed by atoms with van der Waals surface area (Å²) >= 11 is 0. The largest absolute Gasteiger partial charge is 0.355 e. The van der Waals surface area contributed by atoms with E-state index in [9.17, 15) is 14.4 Å². The van der Waals surface area contributed by atoms with Crippen molar-refractivity contribution in [3.63, 3.8) is 0 Å². The second-order valence-electron chi connectivity index (χ2n) is 9.87. The van der Waals surface area contributed by atoms with Gasteiger partial charge in [0.15, 0.2) is 0 Å². The van der Waals surface area contributed by atoms with Crippen molar-refractivity contribution in [1.29, 1.82) is 0 Å². The van der Waals surface area contributed by atoms with Crippen LogP contribution in [0.5, 0.6) is 0 Å². The fourth-order valence-electron chi connectivity index (χ4n) is 6.19. The number of amides is 3. The van der Waals surface area contributed by atoms with Gasteiger partial charge in [-0.25, -0.2) is 0 Å². The molecule has 6 heteroatoms. The molecule has 0 saturated heterocycles. The number of carbonyl (C=O) groups is 3. The van der Waals surface area contributed by atoms with E-state index in [1.54, 1.807) is 7.05 Å². The number of anilines is 1. The third-order valence-corrected chi connectivity index (χ3v) is 7.29. The van der Waals surface area contributed by atoms with Crippen LogP contribution >= 0.6 is 0 Å². The molecule has 4 bridgehead atoms. The average molecular weight is 412 g/mol. The lowest BCUT2D eigenvalue weighted by molar-refractivity contribution is -0.146. The van der Waals surface area contributed by atoms with Gasteiger partial charge in [-0.2, -0.15) is 0 Å². The number of rotatable bonds is 7. The molecule has 3 amide bonds. The van der Waals surface area contributed by atoms with E-state index in [0.717, 1.165) is 42.6 Å². The predicted octanol–water partition coefficient (Wildman–Crippen LogP) is 3.11. The number of nitrogens with zero attached hydrogens (tertiary/aromatic N) is 1. The molecule has 0 spiro atoms. The third kappa shape index (κ3) is 4.52. The van der Waals surface area contributed by atoms with Crippen LogP contribution in [-0.2, 0) is 14.4 Å². The van der Waals surface area contributed by atoms with Gasteiger partial charge in [0.2, 0.25) is 17.7 Å². The van der Waals surface area contributed by atoms with E-state index in [4.69, 9.17) is 0 Å². The Morgan fingerprint density at radius 2 is 1.57 bits per heavy atom. The van der Waals surface area contributed by atoms with E-state index >= 15 is 0 Å². The fourth-order valence-corrected chi connectivity index (χ4v) is 6.19. The molecule has 162 valence electrons. The van der Waals surface area contributed by atoms with Crippen molar-refractivity contribution in [3.05, 3.63) is 29.8 Å². The molecule has 0 atom stereocenters. The molecule has 5 rings (SSSR count). The SMILES string of the molecule is Cc1ccc(NC(=O)CN(C)C(=O)CCNC(=O)C23CC4CC(CC(C4)C2)C3)cc1. The number of likely N-dealkylation sites (N-methyl/N-ethyl adjacent to an activating group) is 1. The summed E-state index contributed by atoms with van der Waals surface area (Å²) in [4.78, 5) is 38.9. The van der Waals surface area contributed by atoms with Crippen LogP contribution in [0.2, 0.25) is 0 Å². The van der Waals surface area contributed by atoms with Gasteiger partial charge >= 0.3 is 0 Å². The summed E-state index contributed by atoms with van der Waals surface area (Å²) in [6.07, 6.45) is 7.21. The lowest BCUT2D eigenvalue weighted by atomic mass is 9.49. The highest BCUT2D eigenvalue weighted by Crippen LogP contribution is 2.60. The molecule has 1 aromatic carbocycles. The molecule has 0 radical (unpaired) electrons. The van der Waals surface area contributed by atoms with Crippen LogP contribution in [0, 0.1) is 30.1 Å². The summed E-state index contributed by atoms with van der Waals surface area (Å²) < 4.78 is 0. The van der Waals surface area contributed by atoms with Crippen molar-refractivity contribution in [2.24, 2.45) is 23.2 Å². The maximum Gasteiger partial charge on any atom is 0.243 e. The van der Waals surface area contributed by atoms with Crippen LogP contribution in [0.25, 0.3) is 0 Å². The molecule has 4 aliphatic carbocycles. The molecule has 4 fully saturated rings. The molecular weight excluding hydrogens is 378 g/mol. The third-order valence-electron chi connectivity index (χ3n) is 7.29. The predicted molar refractivity (Wildman–Crippen MR) is 116 cm³/mol. The summed E-state index contributed by atoms with van der Waals surface area (Å²) in [5, 5.41) is 5.84. The highest BCUT2D eigenvalue weighted by molar-refractivity contribution is 5.94. The van der Waals surface area contributed by atoms with Crippen LogP contribution < -0.4 is 10.6 Å². The first kappa shape index (κ1) is 20.9. The van der Waals surface area contributed by atoms with E-state index in [0.29, 0.717) is 12.2 Å². The van der Waals surface area contributed by atoms with Crippen LogP contribution in [0.3, 0.4) is 0 Å². The number of carbonyl (C=O) groups excluding carboxylic acids is 3. The molecule has 1 aromatic rings. The van der Waals surface area contributed by atoms with Gasteiger partial charge in [0, 0.05) is 31.1 Å². The smallest absolute Gasteiger partial charge is 0.243 e. The van der Waals surface area contributed by atoms with Crippen molar-refractivity contribution in [2.75, 3.05) is 25.5 Å². The maximum atomic E-state index is 13.0. The van der Waals surface area contributed by atoms with Crippen LogP contribution in [0.4, 0.5) is 5.69 Å². The average Bonchev–Trinajstić information content (AvgIpc) is 2.68. The number of nitrogens with one attached hydrogen (secondary N) is 2. The topological polar surface area (TPSA) is 78.5 Å². The summed E-state index contributed by atoms with van der Waals surface area (Å²) in [5.41, 5.74) is 1.66. The zero-order valence-electron chi connectivity index (χ0n) is 18.1. The van der Waals surface area contributed by atoms with Gasteiger partial charge in [0.25, 0.3) is 0 Å². The van der Waals surface area contributed by atoms with Crippen molar-refractivity contribution < 1.29 is 14.4 Å². The number of hydrogen-bond acceptors (Lipinski definition) is 3. The Balaban J connectivity index is 1.20. The lowest BCUT2D eigenvalue weighted by Gasteiger charge is -2.55. The molecule has 30 heavy (non-hydrogen) atoms. The Morgan fingerprint density at radius 1 is 1.00 bits per heavy atom. The van der Waals surface area contributed by atoms with E-state index in [-0.39, 0.29) is 36.1 Å². The quantitative estimate of drug-likeness (QED) is 0.724. The van der Waals surface area contributed by atoms with E-state index in [1.165, 1.54) is 24.2 Å². The maximum absolute atomic E-state index is 13.0. The molecule has 0 aliphatic heterocycles. The molecule has 4 saturated carbocycles. The van der Waals surface area contributed by atoms with E-state index in [2.05, 4.69) is 10.6 Å². The summed E-state index contributed by atoms with van der Waals surface area (Å²) in [6, 6.07) is 7.54.